The molecule has 2 rings (SSSR count). The maximum absolute atomic E-state index is 13.6. The molecule has 1 N–H and O–H groups in total. The fourth-order valence-electron chi connectivity index (χ4n) is 1.52. The number of amides is 1. The Bertz CT molecular complexity index is 643. The van der Waals surface area contributed by atoms with Gasteiger partial charge in [-0.25, -0.2) is 4.39 Å². The Kier molecular flexibility index (Phi) is 4.37. The first-order valence-corrected chi connectivity index (χ1v) is 7.08. The molecule has 1 amide bonds. The van der Waals surface area contributed by atoms with E-state index in [1.165, 1.54) is 12.1 Å². The van der Waals surface area contributed by atoms with E-state index in [4.69, 9.17) is 0 Å². The summed E-state index contributed by atoms with van der Waals surface area (Å²) in [6.07, 6.45) is 0. The molecule has 5 heteroatoms. The maximum atomic E-state index is 13.6. The van der Waals surface area contributed by atoms with Gasteiger partial charge in [0.05, 0.1) is 5.69 Å². The number of rotatable bonds is 2. The van der Waals surface area contributed by atoms with Crippen LogP contribution in [-0.4, -0.2) is 5.91 Å². The highest BCUT2D eigenvalue weighted by Crippen LogP contribution is 2.21. The molecule has 0 aliphatic heterocycles. The third kappa shape index (κ3) is 3.42. The van der Waals surface area contributed by atoms with Gasteiger partial charge in [-0.3, -0.25) is 4.79 Å². The van der Waals surface area contributed by atoms with Crippen LogP contribution in [0.4, 0.5) is 10.1 Å². The number of halogens is 3. The van der Waals surface area contributed by atoms with Gasteiger partial charge in [-0.1, -0.05) is 37.9 Å². The lowest BCUT2D eigenvalue weighted by atomic mass is 10.1. The number of carbonyl (C=O) groups excluding carboxylic acids is 1. The molecule has 2 aromatic rings. The van der Waals surface area contributed by atoms with Crippen LogP contribution in [0.2, 0.25) is 0 Å². The smallest absolute Gasteiger partial charge is 0.255 e. The molecule has 0 spiro atoms. The third-order valence-electron chi connectivity index (χ3n) is 2.61. The Morgan fingerprint density at radius 2 is 1.89 bits per heavy atom. The van der Waals surface area contributed by atoms with E-state index in [0.717, 1.165) is 10.0 Å². The summed E-state index contributed by atoms with van der Waals surface area (Å²) in [7, 11) is 0. The van der Waals surface area contributed by atoms with E-state index in [1.807, 2.05) is 13.0 Å². The molecular weight excluding hydrogens is 377 g/mol. The van der Waals surface area contributed by atoms with Gasteiger partial charge in [0, 0.05) is 14.5 Å². The third-order valence-corrected chi connectivity index (χ3v) is 3.96. The summed E-state index contributed by atoms with van der Waals surface area (Å²) in [5.74, 6) is -0.823. The lowest BCUT2D eigenvalue weighted by molar-refractivity contribution is 0.102. The van der Waals surface area contributed by atoms with Crippen molar-refractivity contribution in [3.05, 3.63) is 62.3 Å². The second-order valence-corrected chi connectivity index (χ2v) is 5.81. The fraction of sp³-hybridized carbons (Fsp3) is 0.0714. The number of anilines is 1. The summed E-state index contributed by atoms with van der Waals surface area (Å²) in [5.41, 5.74) is 1.66. The lowest BCUT2D eigenvalue weighted by Crippen LogP contribution is -2.13. The number of aryl methyl sites for hydroxylation is 1. The van der Waals surface area contributed by atoms with Gasteiger partial charge >= 0.3 is 0 Å². The van der Waals surface area contributed by atoms with E-state index in [2.05, 4.69) is 37.2 Å². The summed E-state index contributed by atoms with van der Waals surface area (Å²) in [5, 5.41) is 2.54. The molecule has 19 heavy (non-hydrogen) atoms. The molecule has 0 aliphatic carbocycles. The van der Waals surface area contributed by atoms with Gasteiger partial charge in [0.2, 0.25) is 0 Å². The van der Waals surface area contributed by atoms with Gasteiger partial charge in [0.15, 0.2) is 0 Å². The molecule has 98 valence electrons. The molecule has 0 unspecified atom stereocenters. The summed E-state index contributed by atoms with van der Waals surface area (Å²) in [6, 6.07) is 9.73. The summed E-state index contributed by atoms with van der Waals surface area (Å²) >= 11 is 6.53. The molecule has 0 bridgehead atoms. The molecule has 0 saturated carbocycles. The highest BCUT2D eigenvalue weighted by atomic mass is 79.9. The number of hydrogen-bond donors (Lipinski definition) is 1. The Morgan fingerprint density at radius 1 is 1.16 bits per heavy atom. The van der Waals surface area contributed by atoms with Crippen molar-refractivity contribution in [2.45, 2.75) is 6.92 Å². The molecular formula is C14H10Br2FNO. The zero-order valence-electron chi connectivity index (χ0n) is 10.0. The van der Waals surface area contributed by atoms with Crippen LogP contribution in [0.5, 0.6) is 0 Å². The molecule has 2 nitrogen and oxygen atoms in total. The second kappa shape index (κ2) is 5.84. The minimum atomic E-state index is -0.478. The van der Waals surface area contributed by atoms with Crippen LogP contribution >= 0.6 is 31.9 Å². The van der Waals surface area contributed by atoms with Crippen molar-refractivity contribution < 1.29 is 9.18 Å². The maximum Gasteiger partial charge on any atom is 0.255 e. The van der Waals surface area contributed by atoms with E-state index < -0.39 is 5.82 Å². The van der Waals surface area contributed by atoms with Crippen molar-refractivity contribution in [1.82, 2.24) is 0 Å². The van der Waals surface area contributed by atoms with Gasteiger partial charge in [-0.15, -0.1) is 0 Å². The molecule has 2 aromatic carbocycles. The first-order valence-electron chi connectivity index (χ1n) is 5.50. The van der Waals surface area contributed by atoms with Crippen molar-refractivity contribution >= 4 is 43.5 Å². The van der Waals surface area contributed by atoms with Crippen molar-refractivity contribution in [1.29, 1.82) is 0 Å². The van der Waals surface area contributed by atoms with E-state index in [0.29, 0.717) is 10.0 Å². The van der Waals surface area contributed by atoms with Crippen LogP contribution in [-0.2, 0) is 0 Å². The molecule has 0 saturated heterocycles. The van der Waals surface area contributed by atoms with Crippen molar-refractivity contribution in [2.24, 2.45) is 0 Å². The van der Waals surface area contributed by atoms with E-state index >= 15 is 0 Å². The normalized spacial score (nSPS) is 10.3. The molecule has 0 heterocycles. The average Bonchev–Trinajstić information content (AvgIpc) is 2.36. The number of carbonyl (C=O) groups is 1. The fourth-order valence-corrected chi connectivity index (χ4v) is 2.23. The van der Waals surface area contributed by atoms with Gasteiger partial charge in [0.1, 0.15) is 5.82 Å². The zero-order valence-corrected chi connectivity index (χ0v) is 13.2. The van der Waals surface area contributed by atoms with E-state index in [1.54, 1.807) is 18.2 Å². The Morgan fingerprint density at radius 3 is 2.53 bits per heavy atom. The first-order chi connectivity index (χ1) is 8.97. The predicted octanol–water partition coefficient (Wildman–Crippen LogP) is 4.91. The summed E-state index contributed by atoms with van der Waals surface area (Å²) in [4.78, 5) is 12.0. The molecule has 0 fully saturated rings. The van der Waals surface area contributed by atoms with Crippen LogP contribution in [0.25, 0.3) is 0 Å². The standard InChI is InChI=1S/C14H10Br2FNO/c1-8-2-3-9(6-11(8)16)14(19)18-13-5-4-10(15)7-12(13)17/h2-7H,1H3,(H,18,19). The number of nitrogens with one attached hydrogen (secondary N) is 1. The minimum Gasteiger partial charge on any atom is -0.319 e. The van der Waals surface area contributed by atoms with Gasteiger partial charge < -0.3 is 5.32 Å². The summed E-state index contributed by atoms with van der Waals surface area (Å²) < 4.78 is 15.1. The number of hydrogen-bond acceptors (Lipinski definition) is 1. The van der Waals surface area contributed by atoms with Crippen LogP contribution in [0.1, 0.15) is 15.9 Å². The highest BCUT2D eigenvalue weighted by Gasteiger charge is 2.10. The van der Waals surface area contributed by atoms with Gasteiger partial charge in [-0.05, 0) is 42.8 Å². The van der Waals surface area contributed by atoms with Crippen molar-refractivity contribution in [3.8, 4) is 0 Å². The lowest BCUT2D eigenvalue weighted by Gasteiger charge is -2.08. The number of benzene rings is 2. The highest BCUT2D eigenvalue weighted by molar-refractivity contribution is 9.10. The Hall–Kier alpha value is -1.20. The van der Waals surface area contributed by atoms with Gasteiger partial charge in [0.25, 0.3) is 5.91 Å². The topological polar surface area (TPSA) is 29.1 Å². The Labute approximate surface area is 127 Å². The van der Waals surface area contributed by atoms with Crippen molar-refractivity contribution in [2.75, 3.05) is 5.32 Å². The average molecular weight is 387 g/mol. The monoisotopic (exact) mass is 385 g/mol. The van der Waals surface area contributed by atoms with Crippen LogP contribution < -0.4 is 5.32 Å². The Balaban J connectivity index is 2.23. The van der Waals surface area contributed by atoms with E-state index in [-0.39, 0.29) is 11.6 Å². The molecule has 0 aromatic heterocycles. The molecule has 0 aliphatic rings. The van der Waals surface area contributed by atoms with Crippen molar-refractivity contribution in [3.63, 3.8) is 0 Å². The SMILES string of the molecule is Cc1ccc(C(=O)Nc2ccc(Br)cc2F)cc1Br. The van der Waals surface area contributed by atoms with Crippen LogP contribution in [0.15, 0.2) is 45.3 Å². The van der Waals surface area contributed by atoms with E-state index in [9.17, 15) is 9.18 Å². The quantitative estimate of drug-likeness (QED) is 0.780. The van der Waals surface area contributed by atoms with Crippen LogP contribution in [0, 0.1) is 12.7 Å². The summed E-state index contributed by atoms with van der Waals surface area (Å²) in [6.45, 7) is 1.93. The van der Waals surface area contributed by atoms with Gasteiger partial charge in [-0.2, -0.15) is 0 Å². The largest absolute Gasteiger partial charge is 0.319 e. The first kappa shape index (κ1) is 14.2. The minimum absolute atomic E-state index is 0.157. The predicted molar refractivity (Wildman–Crippen MR) is 80.9 cm³/mol. The molecule has 0 atom stereocenters. The van der Waals surface area contributed by atoms with Crippen LogP contribution in [0.3, 0.4) is 0 Å². The zero-order chi connectivity index (χ0) is 14.0. The second-order valence-electron chi connectivity index (χ2n) is 4.04. The molecule has 0 radical (unpaired) electrons.